The minimum atomic E-state index is 0.767. The average molecular weight is 272 g/mol. The molecule has 3 nitrogen and oxygen atoms in total. The maximum absolute atomic E-state index is 5.42. The second-order valence-corrected chi connectivity index (χ2v) is 5.61. The molecule has 3 heteroatoms. The fourth-order valence-electron chi connectivity index (χ4n) is 2.57. The Kier molecular flexibility index (Phi) is 4.38. The second-order valence-electron chi connectivity index (χ2n) is 5.61. The molecule has 1 N–H and O–H groups in total. The van der Waals surface area contributed by atoms with Crippen LogP contribution < -0.4 is 5.32 Å². The van der Waals surface area contributed by atoms with Gasteiger partial charge in [0.2, 0.25) is 0 Å². The van der Waals surface area contributed by atoms with Gasteiger partial charge in [0.15, 0.2) is 0 Å². The molecule has 0 spiro atoms. The predicted molar refractivity (Wildman–Crippen MR) is 82.9 cm³/mol. The van der Waals surface area contributed by atoms with Crippen LogP contribution in [0.2, 0.25) is 0 Å². The SMILES string of the molecule is CCOCCCn1ccc2ccc(CNC3CC3)cc21. The summed E-state index contributed by atoms with van der Waals surface area (Å²) in [5, 5.41) is 4.91. The summed E-state index contributed by atoms with van der Waals surface area (Å²) in [6.45, 7) is 5.72. The molecule has 0 atom stereocenters. The molecule has 0 radical (unpaired) electrons. The molecule has 0 bridgehead atoms. The lowest BCUT2D eigenvalue weighted by Gasteiger charge is -2.08. The summed E-state index contributed by atoms with van der Waals surface area (Å²) in [5.74, 6) is 0. The molecule has 1 aromatic carbocycles. The molecule has 108 valence electrons. The monoisotopic (exact) mass is 272 g/mol. The van der Waals surface area contributed by atoms with Gasteiger partial charge in [-0.2, -0.15) is 0 Å². The topological polar surface area (TPSA) is 26.2 Å². The number of rotatable bonds is 8. The third-order valence-electron chi connectivity index (χ3n) is 3.90. The molecule has 0 aliphatic heterocycles. The standard InChI is InChI=1S/C17H24N2O/c1-2-20-11-3-9-19-10-8-15-5-4-14(12-17(15)19)13-18-16-6-7-16/h4-5,8,10,12,16,18H,2-3,6-7,9,11,13H2,1H3. The summed E-state index contributed by atoms with van der Waals surface area (Å²) in [7, 11) is 0. The molecular formula is C17H24N2O. The molecule has 3 rings (SSSR count). The van der Waals surface area contributed by atoms with Crippen LogP contribution >= 0.6 is 0 Å². The Morgan fingerprint density at radius 3 is 3.00 bits per heavy atom. The van der Waals surface area contributed by atoms with E-state index in [2.05, 4.69) is 40.3 Å². The highest BCUT2D eigenvalue weighted by molar-refractivity contribution is 5.80. The Morgan fingerprint density at radius 1 is 1.30 bits per heavy atom. The maximum atomic E-state index is 5.42. The van der Waals surface area contributed by atoms with E-state index >= 15 is 0 Å². The van der Waals surface area contributed by atoms with Crippen molar-refractivity contribution in [1.29, 1.82) is 0 Å². The van der Waals surface area contributed by atoms with Gasteiger partial charge in [0.25, 0.3) is 0 Å². The number of aromatic nitrogens is 1. The van der Waals surface area contributed by atoms with E-state index < -0.39 is 0 Å². The average Bonchev–Trinajstić information content (AvgIpc) is 3.22. The summed E-state index contributed by atoms with van der Waals surface area (Å²) in [6, 6.07) is 9.77. The molecule has 1 aromatic heterocycles. The van der Waals surface area contributed by atoms with Gasteiger partial charge in [-0.1, -0.05) is 12.1 Å². The van der Waals surface area contributed by atoms with Crippen LogP contribution in [0.25, 0.3) is 10.9 Å². The zero-order chi connectivity index (χ0) is 13.8. The van der Waals surface area contributed by atoms with Crippen molar-refractivity contribution in [2.24, 2.45) is 0 Å². The van der Waals surface area contributed by atoms with Crippen molar-refractivity contribution >= 4 is 10.9 Å². The quantitative estimate of drug-likeness (QED) is 0.746. The van der Waals surface area contributed by atoms with Crippen molar-refractivity contribution in [3.63, 3.8) is 0 Å². The van der Waals surface area contributed by atoms with Crippen LogP contribution in [0.1, 0.15) is 31.7 Å². The Balaban J connectivity index is 1.66. The molecule has 2 aromatic rings. The number of hydrogen-bond donors (Lipinski definition) is 1. The van der Waals surface area contributed by atoms with Gasteiger partial charge in [0.05, 0.1) is 0 Å². The summed E-state index contributed by atoms with van der Waals surface area (Å²) in [5.41, 5.74) is 2.73. The van der Waals surface area contributed by atoms with E-state index in [1.54, 1.807) is 0 Å². The van der Waals surface area contributed by atoms with Gasteiger partial charge < -0.3 is 14.6 Å². The molecule has 0 amide bonds. The van der Waals surface area contributed by atoms with Crippen molar-refractivity contribution < 1.29 is 4.74 Å². The first kappa shape index (κ1) is 13.7. The van der Waals surface area contributed by atoms with Gasteiger partial charge in [0.1, 0.15) is 0 Å². The van der Waals surface area contributed by atoms with E-state index in [1.165, 1.54) is 29.3 Å². The minimum Gasteiger partial charge on any atom is -0.382 e. The van der Waals surface area contributed by atoms with E-state index in [0.717, 1.165) is 38.8 Å². The number of nitrogens with zero attached hydrogens (tertiary/aromatic N) is 1. The van der Waals surface area contributed by atoms with Crippen molar-refractivity contribution in [3.8, 4) is 0 Å². The van der Waals surface area contributed by atoms with Crippen LogP contribution in [-0.2, 0) is 17.8 Å². The maximum Gasteiger partial charge on any atom is 0.0483 e. The molecule has 0 saturated heterocycles. The lowest BCUT2D eigenvalue weighted by Crippen LogP contribution is -2.15. The number of aryl methyl sites for hydroxylation is 1. The van der Waals surface area contributed by atoms with Crippen molar-refractivity contribution in [2.75, 3.05) is 13.2 Å². The number of ether oxygens (including phenoxy) is 1. The number of hydrogen-bond acceptors (Lipinski definition) is 2. The highest BCUT2D eigenvalue weighted by Gasteiger charge is 2.19. The van der Waals surface area contributed by atoms with E-state index in [0.29, 0.717) is 0 Å². The summed E-state index contributed by atoms with van der Waals surface area (Å²) < 4.78 is 7.76. The molecule has 1 fully saturated rings. The highest BCUT2D eigenvalue weighted by atomic mass is 16.5. The molecular weight excluding hydrogens is 248 g/mol. The first-order valence-electron chi connectivity index (χ1n) is 7.75. The Morgan fingerprint density at radius 2 is 2.20 bits per heavy atom. The van der Waals surface area contributed by atoms with E-state index in [4.69, 9.17) is 4.74 Å². The molecule has 20 heavy (non-hydrogen) atoms. The normalized spacial score (nSPS) is 15.1. The van der Waals surface area contributed by atoms with Crippen molar-refractivity contribution in [1.82, 2.24) is 9.88 Å². The Hall–Kier alpha value is -1.32. The summed E-state index contributed by atoms with van der Waals surface area (Å²) in [4.78, 5) is 0. The first-order chi connectivity index (χ1) is 9.86. The predicted octanol–water partition coefficient (Wildman–Crippen LogP) is 3.32. The Labute approximate surface area is 120 Å². The van der Waals surface area contributed by atoms with Gasteiger partial charge in [-0.3, -0.25) is 0 Å². The zero-order valence-electron chi connectivity index (χ0n) is 12.3. The van der Waals surface area contributed by atoms with Gasteiger partial charge >= 0.3 is 0 Å². The van der Waals surface area contributed by atoms with E-state index in [9.17, 15) is 0 Å². The van der Waals surface area contributed by atoms with Crippen LogP contribution in [0.4, 0.5) is 0 Å². The number of nitrogens with one attached hydrogen (secondary N) is 1. The zero-order valence-corrected chi connectivity index (χ0v) is 12.3. The van der Waals surface area contributed by atoms with Gasteiger partial charge in [-0.15, -0.1) is 0 Å². The van der Waals surface area contributed by atoms with Crippen molar-refractivity contribution in [2.45, 2.75) is 45.3 Å². The van der Waals surface area contributed by atoms with Crippen LogP contribution in [0, 0.1) is 0 Å². The first-order valence-corrected chi connectivity index (χ1v) is 7.75. The van der Waals surface area contributed by atoms with Crippen molar-refractivity contribution in [3.05, 3.63) is 36.0 Å². The third-order valence-corrected chi connectivity index (χ3v) is 3.90. The molecule has 1 aliphatic rings. The molecule has 0 unspecified atom stereocenters. The summed E-state index contributed by atoms with van der Waals surface area (Å²) in [6.07, 6.45) is 5.95. The van der Waals surface area contributed by atoms with Crippen LogP contribution in [0.3, 0.4) is 0 Å². The second kappa shape index (κ2) is 6.42. The third kappa shape index (κ3) is 3.41. The fraction of sp³-hybridized carbons (Fsp3) is 0.529. The van der Waals surface area contributed by atoms with Crippen LogP contribution in [0.15, 0.2) is 30.5 Å². The summed E-state index contributed by atoms with van der Waals surface area (Å²) >= 11 is 0. The van der Waals surface area contributed by atoms with Gasteiger partial charge in [-0.05, 0) is 49.3 Å². The van der Waals surface area contributed by atoms with Crippen LogP contribution in [0.5, 0.6) is 0 Å². The number of benzene rings is 1. The highest BCUT2D eigenvalue weighted by Crippen LogP contribution is 2.21. The van der Waals surface area contributed by atoms with E-state index in [-0.39, 0.29) is 0 Å². The fourth-order valence-corrected chi connectivity index (χ4v) is 2.57. The van der Waals surface area contributed by atoms with E-state index in [1.807, 2.05) is 6.92 Å². The van der Waals surface area contributed by atoms with Crippen LogP contribution in [-0.4, -0.2) is 23.8 Å². The van der Waals surface area contributed by atoms with Gasteiger partial charge in [-0.25, -0.2) is 0 Å². The number of fused-ring (bicyclic) bond motifs is 1. The lowest BCUT2D eigenvalue weighted by atomic mass is 10.1. The van der Waals surface area contributed by atoms with Gasteiger partial charge in [0, 0.05) is 44.1 Å². The molecule has 1 heterocycles. The smallest absolute Gasteiger partial charge is 0.0483 e. The molecule has 1 aliphatic carbocycles. The lowest BCUT2D eigenvalue weighted by molar-refractivity contribution is 0.142. The Bertz CT molecular complexity index is 557. The minimum absolute atomic E-state index is 0.767. The molecule has 1 saturated carbocycles. The largest absolute Gasteiger partial charge is 0.382 e.